The zero-order valence-corrected chi connectivity index (χ0v) is 50.9. The molecule has 0 saturated carbocycles. The third-order valence-corrected chi connectivity index (χ3v) is 18.4. The number of halogens is 5. The van der Waals surface area contributed by atoms with Gasteiger partial charge in [-0.2, -0.15) is 0 Å². The van der Waals surface area contributed by atoms with Crippen LogP contribution in [0.15, 0.2) is 123 Å². The molecule has 8 aromatic rings. The van der Waals surface area contributed by atoms with E-state index in [0.717, 1.165) is 98.1 Å². The number of aryl methyl sites for hydroxylation is 3. The van der Waals surface area contributed by atoms with Crippen molar-refractivity contribution in [1.29, 1.82) is 0 Å². The van der Waals surface area contributed by atoms with E-state index in [0.29, 0.717) is 17.6 Å². The quantitative estimate of drug-likeness (QED) is 0.0992. The van der Waals surface area contributed by atoms with E-state index in [9.17, 15) is 14.7 Å². The first-order valence-electron chi connectivity index (χ1n) is 24.5. The summed E-state index contributed by atoms with van der Waals surface area (Å²) in [5.74, 6) is 0. The molecule has 0 radical (unpaired) electrons. The zero-order chi connectivity index (χ0) is 54.2. The van der Waals surface area contributed by atoms with Crippen LogP contribution in [0.4, 0.5) is 0 Å². The van der Waals surface area contributed by atoms with Crippen LogP contribution in [-0.2, 0) is 45.4 Å². The minimum absolute atomic E-state index is 0.212. The number of hydrogen-bond donors (Lipinski definition) is 3. The molecule has 4 aromatic heterocycles. The maximum Gasteiger partial charge on any atom is 0.160 e. The van der Waals surface area contributed by atoms with Gasteiger partial charge in [-0.15, -0.1) is 45.3 Å². The third-order valence-electron chi connectivity index (χ3n) is 12.6. The Balaban J connectivity index is 0.000000156. The van der Waals surface area contributed by atoms with Gasteiger partial charge in [0, 0.05) is 76.3 Å². The van der Waals surface area contributed by atoms with Crippen LogP contribution in [0.25, 0.3) is 0 Å². The molecule has 4 aromatic carbocycles. The minimum atomic E-state index is -0.612. The van der Waals surface area contributed by atoms with Crippen molar-refractivity contribution in [3.63, 3.8) is 0 Å². The number of carbonyl (C=O) groups excluding carboxylic acids is 2. The van der Waals surface area contributed by atoms with Crippen molar-refractivity contribution >= 4 is 120 Å². The van der Waals surface area contributed by atoms with Crippen molar-refractivity contribution in [2.75, 3.05) is 28.2 Å². The van der Waals surface area contributed by atoms with Gasteiger partial charge in [-0.05, 0) is 192 Å². The van der Waals surface area contributed by atoms with Crippen molar-refractivity contribution in [3.8, 4) is 0 Å². The number of aldehydes is 2. The highest BCUT2D eigenvalue weighted by Crippen LogP contribution is 2.41. The Morgan fingerprint density at radius 3 is 1.57 bits per heavy atom. The van der Waals surface area contributed by atoms with Crippen LogP contribution in [0.2, 0.25) is 20.1 Å². The van der Waals surface area contributed by atoms with Crippen LogP contribution in [-0.4, -0.2) is 55.7 Å². The monoisotopic (exact) mass is 1220 g/mol. The van der Waals surface area contributed by atoms with Gasteiger partial charge in [0.2, 0.25) is 0 Å². The molecule has 3 unspecified atom stereocenters. The Morgan fingerprint density at radius 1 is 0.600 bits per heavy atom. The number of benzene rings is 4. The summed E-state index contributed by atoms with van der Waals surface area (Å²) < 4.78 is 1.05. The number of hydrogen-bond acceptors (Lipinski definition) is 11. The second kappa shape index (κ2) is 30.0. The molecule has 0 amide bonds. The second-order valence-electron chi connectivity index (χ2n) is 18.0. The molecule has 75 heavy (non-hydrogen) atoms. The molecule has 2 aliphatic heterocycles. The molecule has 0 aliphatic carbocycles. The average Bonchev–Trinajstić information content (AvgIpc) is 4.29. The number of thiophene rings is 4. The highest BCUT2D eigenvalue weighted by Gasteiger charge is 2.31. The van der Waals surface area contributed by atoms with E-state index in [1.54, 1.807) is 22.7 Å². The van der Waals surface area contributed by atoms with Gasteiger partial charge in [0.15, 0.2) is 12.6 Å². The van der Waals surface area contributed by atoms with Gasteiger partial charge in [-0.3, -0.25) is 19.4 Å². The number of rotatable bonds is 13. The fourth-order valence-corrected chi connectivity index (χ4v) is 13.5. The van der Waals surface area contributed by atoms with Gasteiger partial charge < -0.3 is 15.7 Å². The predicted molar refractivity (Wildman–Crippen MR) is 326 cm³/mol. The summed E-state index contributed by atoms with van der Waals surface area (Å²) in [6.07, 6.45) is 4.31. The molecule has 3 atom stereocenters. The first-order valence-corrected chi connectivity index (χ1v) is 30.3. The second-order valence-corrected chi connectivity index (χ2v) is 24.5. The standard InChI is InChI=1S/C15H18ClNOS.C15H16ClNS.C14H12ClNOS.C8H9BrClN.C7H8OS/c1-3-13-6-11(9-19-13)15(18)14-7-12(16)5-4-10(14)8-17-2;1-3-13-6-11(9-18-13)15-14-7-12(16)5-4-10(14)8-17(15)2;1-16-6-9-2-3-11(15)5-13(9)14(16)10-4-12(7-17)18-8-10;1-11-5-6-2-3-7(10)4-8(6)9;1-2-7-3-6(4-8)5-9-7/h4-7,9,15,17-18H,3,8H2,1-2H3;4-7,9,15H,3,8H2,1-2H3;2-5,7-8,14H,6H2,1H3;2-4,11H,5H2,1H3;3-5H,2H2,1H3. The molecule has 10 rings (SSSR count). The highest BCUT2D eigenvalue weighted by molar-refractivity contribution is 9.10. The Hall–Kier alpha value is -3.54. The zero-order valence-electron chi connectivity index (χ0n) is 43.1. The highest BCUT2D eigenvalue weighted by atomic mass is 79.9. The van der Waals surface area contributed by atoms with Gasteiger partial charge in [0.1, 0.15) is 6.10 Å². The number of nitrogens with one attached hydrogen (secondary N) is 2. The van der Waals surface area contributed by atoms with Gasteiger partial charge in [0.25, 0.3) is 0 Å². The van der Waals surface area contributed by atoms with Gasteiger partial charge in [-0.1, -0.05) is 107 Å². The molecule has 396 valence electrons. The van der Waals surface area contributed by atoms with E-state index in [1.807, 2.05) is 103 Å². The molecule has 0 fully saturated rings. The van der Waals surface area contributed by atoms with Crippen LogP contribution >= 0.6 is 108 Å². The smallest absolute Gasteiger partial charge is 0.160 e. The fraction of sp³-hybridized carbons (Fsp3) is 0.288. The third kappa shape index (κ3) is 16.7. The summed E-state index contributed by atoms with van der Waals surface area (Å²) in [4.78, 5) is 30.4. The topological polar surface area (TPSA) is 84.9 Å². The van der Waals surface area contributed by atoms with Crippen molar-refractivity contribution in [2.24, 2.45) is 0 Å². The lowest BCUT2D eigenvalue weighted by atomic mass is 9.98. The first-order chi connectivity index (χ1) is 36.1. The van der Waals surface area contributed by atoms with E-state index in [1.165, 1.54) is 64.9 Å². The molecule has 2 aliphatic rings. The summed E-state index contributed by atoms with van der Waals surface area (Å²) in [5, 5.41) is 28.0. The fourth-order valence-electron chi connectivity index (χ4n) is 8.87. The average molecular weight is 1230 g/mol. The van der Waals surface area contributed by atoms with Crippen molar-refractivity contribution < 1.29 is 14.7 Å². The minimum Gasteiger partial charge on any atom is -0.384 e. The van der Waals surface area contributed by atoms with Crippen LogP contribution in [0, 0.1) is 0 Å². The van der Waals surface area contributed by atoms with Crippen LogP contribution < -0.4 is 10.6 Å². The number of nitrogens with zero attached hydrogens (tertiary/aromatic N) is 2. The Bertz CT molecular complexity index is 3120. The molecule has 16 heteroatoms. The summed E-state index contributed by atoms with van der Waals surface area (Å²) in [6, 6.07) is 32.6. The van der Waals surface area contributed by atoms with E-state index < -0.39 is 6.10 Å². The van der Waals surface area contributed by atoms with Gasteiger partial charge in [-0.25, -0.2) is 0 Å². The number of aliphatic hydroxyl groups is 1. The van der Waals surface area contributed by atoms with E-state index in [-0.39, 0.29) is 6.04 Å². The maximum absolute atomic E-state index is 10.8. The number of aliphatic hydroxyl groups excluding tert-OH is 1. The van der Waals surface area contributed by atoms with E-state index in [4.69, 9.17) is 46.4 Å². The van der Waals surface area contributed by atoms with E-state index >= 15 is 0 Å². The van der Waals surface area contributed by atoms with Gasteiger partial charge in [0.05, 0.1) is 17.0 Å². The Kier molecular flexibility index (Phi) is 24.3. The molecule has 6 heterocycles. The van der Waals surface area contributed by atoms with Crippen LogP contribution in [0.5, 0.6) is 0 Å². The molecule has 0 saturated heterocycles. The van der Waals surface area contributed by atoms with Crippen LogP contribution in [0.1, 0.15) is 129 Å². The van der Waals surface area contributed by atoms with Crippen LogP contribution in [0.3, 0.4) is 0 Å². The Labute approximate surface area is 487 Å². The molecule has 0 bridgehead atoms. The largest absolute Gasteiger partial charge is 0.384 e. The molecule has 3 N–H and O–H groups in total. The molecular formula is C59H63BrCl4N4O3S4. The van der Waals surface area contributed by atoms with E-state index in [2.05, 4.69) is 112 Å². The van der Waals surface area contributed by atoms with Gasteiger partial charge >= 0.3 is 0 Å². The lowest BCUT2D eigenvalue weighted by Crippen LogP contribution is -2.16. The first kappa shape index (κ1) is 60.7. The number of carbonyl (C=O) groups is 2. The lowest BCUT2D eigenvalue weighted by Gasteiger charge is -2.19. The Morgan fingerprint density at radius 2 is 1.08 bits per heavy atom. The van der Waals surface area contributed by atoms with Crippen molar-refractivity contribution in [1.82, 2.24) is 20.4 Å². The normalized spacial score (nSPS) is 14.9. The summed E-state index contributed by atoms with van der Waals surface area (Å²) in [6.45, 7) is 9.91. The molecule has 0 spiro atoms. The molecular weight excluding hydrogens is 1160 g/mol. The summed E-state index contributed by atoms with van der Waals surface area (Å²) in [5.41, 5.74) is 12.8. The molecule has 7 nitrogen and oxygen atoms in total. The van der Waals surface area contributed by atoms with Crippen molar-refractivity contribution in [3.05, 3.63) is 224 Å². The number of fused-ring (bicyclic) bond motifs is 2. The SMILES string of the molecule is CCc1cc(C(O)c2cc(Cl)ccc2CNC)cs1.CCc1cc(C2c3cc(Cl)ccc3CN2C)cs1.CCc1cc(C=O)cs1.CN1Cc2ccc(Cl)cc2C1c1csc(C=O)c1.CNCc1ccc(Cl)cc1Br. The summed E-state index contributed by atoms with van der Waals surface area (Å²) >= 11 is 34.1. The maximum atomic E-state index is 10.8. The lowest BCUT2D eigenvalue weighted by molar-refractivity contribution is 0.111. The van der Waals surface area contributed by atoms with Crippen molar-refractivity contribution in [2.45, 2.75) is 84.4 Å². The predicted octanol–water partition coefficient (Wildman–Crippen LogP) is 17.0. The summed E-state index contributed by atoms with van der Waals surface area (Å²) in [7, 11) is 8.09.